The van der Waals surface area contributed by atoms with Crippen molar-refractivity contribution in [1.29, 1.82) is 0 Å². The molecule has 3 aromatic rings. The molecule has 0 bridgehead atoms. The zero-order valence-electron chi connectivity index (χ0n) is 14.6. The molecule has 0 saturated heterocycles. The van der Waals surface area contributed by atoms with Gasteiger partial charge in [-0.15, -0.1) is 11.3 Å². The van der Waals surface area contributed by atoms with E-state index in [9.17, 15) is 18.0 Å². The smallest absolute Gasteiger partial charge is 0.340 e. The summed E-state index contributed by atoms with van der Waals surface area (Å²) in [6.45, 7) is 5.05. The van der Waals surface area contributed by atoms with Gasteiger partial charge in [-0.05, 0) is 32.9 Å². The van der Waals surface area contributed by atoms with Gasteiger partial charge in [0.05, 0.1) is 11.3 Å². The Morgan fingerprint density at radius 2 is 1.85 bits per heavy atom. The maximum absolute atomic E-state index is 12.7. The molecular formula is C17H15F3N4O2S. The molecule has 0 saturated carbocycles. The molecule has 1 aromatic carbocycles. The Bertz CT molecular complexity index is 963. The molecule has 10 heteroatoms. The zero-order valence-corrected chi connectivity index (χ0v) is 15.4. The Hall–Kier alpha value is -2.75. The third-order valence-electron chi connectivity index (χ3n) is 3.72. The maximum Gasteiger partial charge on any atom is 0.416 e. The van der Waals surface area contributed by atoms with Gasteiger partial charge in [-0.2, -0.15) is 18.2 Å². The van der Waals surface area contributed by atoms with Crippen LogP contribution in [0.4, 0.5) is 13.2 Å². The van der Waals surface area contributed by atoms with Crippen LogP contribution in [0.3, 0.4) is 0 Å². The number of rotatable bonds is 4. The number of hydrogen-bond donors (Lipinski definition) is 1. The highest BCUT2D eigenvalue weighted by molar-refractivity contribution is 7.17. The van der Waals surface area contributed by atoms with Gasteiger partial charge < -0.3 is 9.84 Å². The lowest BCUT2D eigenvalue weighted by molar-refractivity contribution is -0.137. The number of benzene rings is 1. The van der Waals surface area contributed by atoms with Crippen LogP contribution in [0.25, 0.3) is 10.6 Å². The van der Waals surface area contributed by atoms with Crippen LogP contribution < -0.4 is 5.32 Å². The predicted molar refractivity (Wildman–Crippen MR) is 92.2 cm³/mol. The Labute approximate surface area is 156 Å². The number of halogens is 3. The lowest BCUT2D eigenvalue weighted by atomic mass is 10.1. The van der Waals surface area contributed by atoms with Crippen molar-refractivity contribution in [2.75, 3.05) is 0 Å². The van der Waals surface area contributed by atoms with Crippen LogP contribution in [0, 0.1) is 13.8 Å². The van der Waals surface area contributed by atoms with E-state index in [4.69, 9.17) is 4.52 Å². The molecule has 6 nitrogen and oxygen atoms in total. The van der Waals surface area contributed by atoms with Crippen molar-refractivity contribution < 1.29 is 22.5 Å². The largest absolute Gasteiger partial charge is 0.416 e. The van der Waals surface area contributed by atoms with E-state index in [1.165, 1.54) is 12.1 Å². The number of carbonyl (C=O) groups excluding carboxylic acids is 1. The summed E-state index contributed by atoms with van der Waals surface area (Å²) in [5.74, 6) is 0.377. The van der Waals surface area contributed by atoms with E-state index in [-0.39, 0.29) is 11.8 Å². The number of nitrogens with one attached hydrogen (secondary N) is 1. The summed E-state index contributed by atoms with van der Waals surface area (Å²) in [5, 5.41) is 6.89. The fourth-order valence-corrected chi connectivity index (χ4v) is 3.32. The minimum absolute atomic E-state index is 0.283. The number of thiazole rings is 1. The maximum atomic E-state index is 12.7. The Morgan fingerprint density at radius 3 is 2.41 bits per heavy atom. The Morgan fingerprint density at radius 1 is 1.19 bits per heavy atom. The number of aryl methyl sites for hydroxylation is 2. The molecule has 1 atom stereocenters. The minimum atomic E-state index is -4.40. The average molecular weight is 396 g/mol. The predicted octanol–water partition coefficient (Wildman–Crippen LogP) is 4.32. The van der Waals surface area contributed by atoms with Gasteiger partial charge in [-0.3, -0.25) is 4.79 Å². The van der Waals surface area contributed by atoms with Gasteiger partial charge in [-0.1, -0.05) is 17.3 Å². The molecule has 0 aliphatic rings. The molecule has 0 spiro atoms. The van der Waals surface area contributed by atoms with Crippen LogP contribution >= 0.6 is 11.3 Å². The molecular weight excluding hydrogens is 381 g/mol. The molecule has 0 radical (unpaired) electrons. The second-order valence-corrected chi connectivity index (χ2v) is 6.88. The third kappa shape index (κ3) is 4.16. The molecule has 1 N–H and O–H groups in total. The van der Waals surface area contributed by atoms with Gasteiger partial charge in [0.25, 0.3) is 5.91 Å². The van der Waals surface area contributed by atoms with Gasteiger partial charge in [0.15, 0.2) is 5.82 Å². The number of aromatic nitrogens is 3. The van der Waals surface area contributed by atoms with E-state index >= 15 is 0 Å². The third-order valence-corrected chi connectivity index (χ3v) is 4.93. The van der Waals surface area contributed by atoms with Crippen molar-refractivity contribution in [3.63, 3.8) is 0 Å². The average Bonchev–Trinajstić information content (AvgIpc) is 3.20. The second kappa shape index (κ2) is 7.10. The van der Waals surface area contributed by atoms with E-state index in [1.54, 1.807) is 20.8 Å². The monoisotopic (exact) mass is 396 g/mol. The molecule has 27 heavy (non-hydrogen) atoms. The highest BCUT2D eigenvalue weighted by Gasteiger charge is 2.30. The van der Waals surface area contributed by atoms with Crippen molar-refractivity contribution in [3.8, 4) is 10.6 Å². The van der Waals surface area contributed by atoms with Gasteiger partial charge in [-0.25, -0.2) is 4.98 Å². The van der Waals surface area contributed by atoms with Crippen molar-refractivity contribution in [1.82, 2.24) is 20.4 Å². The number of alkyl halides is 3. The van der Waals surface area contributed by atoms with E-state index < -0.39 is 17.8 Å². The molecule has 142 valence electrons. The quantitative estimate of drug-likeness (QED) is 0.710. The summed E-state index contributed by atoms with van der Waals surface area (Å²) in [6.07, 6.45) is -4.40. The van der Waals surface area contributed by atoms with Gasteiger partial charge in [0.1, 0.15) is 15.9 Å². The first-order valence-corrected chi connectivity index (χ1v) is 8.73. The topological polar surface area (TPSA) is 80.9 Å². The van der Waals surface area contributed by atoms with E-state index in [0.717, 1.165) is 23.5 Å². The summed E-state index contributed by atoms with van der Waals surface area (Å²) in [7, 11) is 0. The SMILES string of the molecule is Cc1noc(C(C)NC(=O)c2sc(-c3ccc(C(F)(F)F)cc3)nc2C)n1. The van der Waals surface area contributed by atoms with E-state index in [0.29, 0.717) is 27.0 Å². The highest BCUT2D eigenvalue weighted by Crippen LogP contribution is 2.33. The number of amides is 1. The Kier molecular flexibility index (Phi) is 5.01. The standard InChI is InChI=1S/C17H15F3N4O2S/c1-8-13(14(25)21-9(2)15-23-10(3)24-26-15)27-16(22-8)11-4-6-12(7-5-11)17(18,19)20/h4-7,9H,1-3H3,(H,21,25). The number of hydrogen-bond acceptors (Lipinski definition) is 6. The van der Waals surface area contributed by atoms with E-state index in [1.807, 2.05) is 0 Å². The molecule has 1 unspecified atom stereocenters. The number of carbonyl (C=O) groups is 1. The normalized spacial score (nSPS) is 12.8. The molecule has 0 aliphatic carbocycles. The van der Waals surface area contributed by atoms with Gasteiger partial charge >= 0.3 is 6.18 Å². The van der Waals surface area contributed by atoms with Gasteiger partial charge in [0, 0.05) is 5.56 Å². The highest BCUT2D eigenvalue weighted by atomic mass is 32.1. The van der Waals surface area contributed by atoms with Crippen LogP contribution in [-0.4, -0.2) is 21.0 Å². The molecule has 3 rings (SSSR count). The summed E-state index contributed by atoms with van der Waals surface area (Å²) < 4.78 is 43.1. The van der Waals surface area contributed by atoms with Crippen LogP contribution in [0.15, 0.2) is 28.8 Å². The molecule has 2 heterocycles. The first-order valence-electron chi connectivity index (χ1n) is 7.91. The molecule has 2 aromatic heterocycles. The van der Waals surface area contributed by atoms with Crippen LogP contribution in [-0.2, 0) is 6.18 Å². The molecule has 0 aliphatic heterocycles. The van der Waals surface area contributed by atoms with Crippen molar-refractivity contribution >= 4 is 17.2 Å². The minimum Gasteiger partial charge on any atom is -0.340 e. The zero-order chi connectivity index (χ0) is 19.8. The summed E-state index contributed by atoms with van der Waals surface area (Å²) in [4.78, 5) is 21.2. The summed E-state index contributed by atoms with van der Waals surface area (Å²) in [6, 6.07) is 4.17. The van der Waals surface area contributed by atoms with Crippen molar-refractivity contribution in [3.05, 3.63) is 52.1 Å². The van der Waals surface area contributed by atoms with Crippen LogP contribution in [0.1, 0.15) is 45.6 Å². The van der Waals surface area contributed by atoms with E-state index in [2.05, 4.69) is 20.4 Å². The molecule has 1 amide bonds. The van der Waals surface area contributed by atoms with Crippen LogP contribution in [0.5, 0.6) is 0 Å². The summed E-state index contributed by atoms with van der Waals surface area (Å²) >= 11 is 1.11. The van der Waals surface area contributed by atoms with Crippen molar-refractivity contribution in [2.24, 2.45) is 0 Å². The second-order valence-electron chi connectivity index (χ2n) is 5.88. The molecule has 0 fully saturated rings. The van der Waals surface area contributed by atoms with Crippen LogP contribution in [0.2, 0.25) is 0 Å². The Balaban J connectivity index is 1.78. The summed E-state index contributed by atoms with van der Waals surface area (Å²) in [5.41, 5.74) is 0.262. The van der Waals surface area contributed by atoms with Crippen molar-refractivity contribution in [2.45, 2.75) is 33.0 Å². The van der Waals surface area contributed by atoms with Gasteiger partial charge in [0.2, 0.25) is 5.89 Å². The number of nitrogens with zero attached hydrogens (tertiary/aromatic N) is 3. The lowest BCUT2D eigenvalue weighted by Gasteiger charge is -2.08. The fraction of sp³-hybridized carbons (Fsp3) is 0.294. The first kappa shape index (κ1) is 19.0. The lowest BCUT2D eigenvalue weighted by Crippen LogP contribution is -2.26. The fourth-order valence-electron chi connectivity index (χ4n) is 2.35. The first-order chi connectivity index (χ1) is 12.6.